The summed E-state index contributed by atoms with van der Waals surface area (Å²) in [5.74, 6) is 0.464. The molecule has 0 aromatic carbocycles. The van der Waals surface area contributed by atoms with E-state index in [9.17, 15) is 9.59 Å². The van der Waals surface area contributed by atoms with Gasteiger partial charge in [0.15, 0.2) is 5.82 Å². The predicted octanol–water partition coefficient (Wildman–Crippen LogP) is 0.518. The molecule has 2 amide bonds. The minimum atomic E-state index is -0.402. The molecule has 2 heterocycles. The summed E-state index contributed by atoms with van der Waals surface area (Å²) in [6, 6.07) is -0.803. The average Bonchev–Trinajstić information content (AvgIpc) is 2.94. The maximum Gasteiger partial charge on any atom is 0.245 e. The average molecular weight is 280 g/mol. The first kappa shape index (κ1) is 14.5. The van der Waals surface area contributed by atoms with Crippen LogP contribution in [-0.4, -0.2) is 45.5 Å². The Balaban J connectivity index is 2.07. The van der Waals surface area contributed by atoms with E-state index >= 15 is 0 Å². The number of piperazine rings is 1. The Bertz CT molecular complexity index is 460. The zero-order valence-corrected chi connectivity index (χ0v) is 11.8. The van der Waals surface area contributed by atoms with Crippen molar-refractivity contribution in [3.63, 3.8) is 0 Å². The molecule has 2 unspecified atom stereocenters. The van der Waals surface area contributed by atoms with Crippen molar-refractivity contribution in [2.24, 2.45) is 0 Å². The van der Waals surface area contributed by atoms with Crippen molar-refractivity contribution in [2.75, 3.05) is 6.54 Å². The van der Waals surface area contributed by atoms with E-state index in [1.54, 1.807) is 4.90 Å². The van der Waals surface area contributed by atoms with Crippen LogP contribution in [-0.2, 0) is 16.0 Å². The molecule has 1 aromatic rings. The molecule has 1 aliphatic rings. The van der Waals surface area contributed by atoms with E-state index in [-0.39, 0.29) is 11.8 Å². The summed E-state index contributed by atoms with van der Waals surface area (Å²) in [5.41, 5.74) is 0. The number of nitrogens with one attached hydrogen (secondary N) is 1. The molecule has 1 N–H and O–H groups in total. The minimum Gasteiger partial charge on any atom is -0.343 e. The van der Waals surface area contributed by atoms with E-state index in [1.165, 1.54) is 6.39 Å². The van der Waals surface area contributed by atoms with Crippen LogP contribution in [0.1, 0.15) is 38.9 Å². The second kappa shape index (κ2) is 6.49. The van der Waals surface area contributed by atoms with Crippen LogP contribution in [0.3, 0.4) is 0 Å². The van der Waals surface area contributed by atoms with Gasteiger partial charge in [0.05, 0.1) is 0 Å². The van der Waals surface area contributed by atoms with Crippen LogP contribution in [0.5, 0.6) is 0 Å². The van der Waals surface area contributed by atoms with E-state index in [1.807, 2.05) is 13.8 Å². The van der Waals surface area contributed by atoms with Crippen molar-refractivity contribution in [1.29, 1.82) is 0 Å². The fraction of sp³-hybridized carbons (Fsp3) is 0.692. The highest BCUT2D eigenvalue weighted by atomic mass is 16.5. The molecule has 1 aliphatic heterocycles. The second-order valence-electron chi connectivity index (χ2n) is 4.90. The van der Waals surface area contributed by atoms with E-state index in [2.05, 4.69) is 20.0 Å². The Morgan fingerprint density at radius 2 is 2.20 bits per heavy atom. The standard InChI is InChI=1S/C13H20N4O3/c1-3-5-9-13(19)17(10(4-2)12(18)15-9)7-6-11-14-8-20-16-11/h8-10H,3-7H2,1-2H3,(H,15,18). The van der Waals surface area contributed by atoms with Crippen LogP contribution in [0, 0.1) is 0 Å². The van der Waals surface area contributed by atoms with Crippen LogP contribution >= 0.6 is 0 Å². The summed E-state index contributed by atoms with van der Waals surface area (Å²) in [6.07, 6.45) is 3.87. The Hall–Kier alpha value is -1.92. The van der Waals surface area contributed by atoms with Gasteiger partial charge in [0.1, 0.15) is 12.1 Å². The molecule has 2 atom stereocenters. The quantitative estimate of drug-likeness (QED) is 0.820. The highest BCUT2D eigenvalue weighted by molar-refractivity contribution is 5.96. The molecular formula is C13H20N4O3. The summed E-state index contributed by atoms with van der Waals surface area (Å²) in [7, 11) is 0. The van der Waals surface area contributed by atoms with Crippen LogP contribution in [0.2, 0.25) is 0 Å². The molecule has 0 radical (unpaired) electrons. The van der Waals surface area contributed by atoms with Crippen LogP contribution in [0.4, 0.5) is 0 Å². The number of nitrogens with zero attached hydrogens (tertiary/aromatic N) is 3. The van der Waals surface area contributed by atoms with Gasteiger partial charge in [0.2, 0.25) is 18.2 Å². The third-order valence-corrected chi connectivity index (χ3v) is 3.52. The Morgan fingerprint density at radius 1 is 1.40 bits per heavy atom. The Labute approximate surface area is 117 Å². The van der Waals surface area contributed by atoms with Crippen molar-refractivity contribution in [3.8, 4) is 0 Å². The minimum absolute atomic E-state index is 0.0122. The molecule has 0 spiro atoms. The molecule has 1 saturated heterocycles. The number of amides is 2. The molecule has 1 aromatic heterocycles. The van der Waals surface area contributed by atoms with E-state index in [4.69, 9.17) is 0 Å². The topological polar surface area (TPSA) is 88.3 Å². The lowest BCUT2D eigenvalue weighted by molar-refractivity contribution is -0.149. The van der Waals surface area contributed by atoms with Gasteiger partial charge in [-0.25, -0.2) is 0 Å². The van der Waals surface area contributed by atoms with E-state index < -0.39 is 12.1 Å². The van der Waals surface area contributed by atoms with Gasteiger partial charge < -0.3 is 14.7 Å². The van der Waals surface area contributed by atoms with Crippen LogP contribution in [0.25, 0.3) is 0 Å². The van der Waals surface area contributed by atoms with Gasteiger partial charge in [-0.3, -0.25) is 9.59 Å². The summed E-state index contributed by atoms with van der Waals surface area (Å²) >= 11 is 0. The lowest BCUT2D eigenvalue weighted by Gasteiger charge is -2.38. The molecule has 20 heavy (non-hydrogen) atoms. The summed E-state index contributed by atoms with van der Waals surface area (Å²) < 4.78 is 4.67. The lowest BCUT2D eigenvalue weighted by atomic mass is 10.0. The highest BCUT2D eigenvalue weighted by Crippen LogP contribution is 2.16. The second-order valence-corrected chi connectivity index (χ2v) is 4.90. The number of carbonyl (C=O) groups is 2. The Kier molecular flexibility index (Phi) is 4.70. The van der Waals surface area contributed by atoms with Gasteiger partial charge >= 0.3 is 0 Å². The zero-order chi connectivity index (χ0) is 14.5. The molecule has 0 aliphatic carbocycles. The van der Waals surface area contributed by atoms with Gasteiger partial charge in [-0.1, -0.05) is 25.4 Å². The number of carbonyl (C=O) groups excluding carboxylic acids is 2. The van der Waals surface area contributed by atoms with Gasteiger partial charge in [-0.2, -0.15) is 4.98 Å². The smallest absolute Gasteiger partial charge is 0.245 e. The van der Waals surface area contributed by atoms with Gasteiger partial charge in [-0.05, 0) is 12.8 Å². The maximum atomic E-state index is 12.4. The maximum absolute atomic E-state index is 12.4. The number of rotatable bonds is 6. The third kappa shape index (κ3) is 2.97. The summed E-state index contributed by atoms with van der Waals surface area (Å²) in [5, 5.41) is 6.54. The van der Waals surface area contributed by atoms with Gasteiger partial charge in [0.25, 0.3) is 0 Å². The van der Waals surface area contributed by atoms with Crippen LogP contribution in [0.15, 0.2) is 10.9 Å². The lowest BCUT2D eigenvalue weighted by Crippen LogP contribution is -2.63. The molecule has 0 bridgehead atoms. The normalized spacial score (nSPS) is 23.0. The molecule has 7 nitrogen and oxygen atoms in total. The van der Waals surface area contributed by atoms with Crippen molar-refractivity contribution < 1.29 is 14.1 Å². The summed E-state index contributed by atoms with van der Waals surface area (Å²) in [6.45, 7) is 4.33. The van der Waals surface area contributed by atoms with Crippen LogP contribution < -0.4 is 5.32 Å². The number of aromatic nitrogens is 2. The monoisotopic (exact) mass is 280 g/mol. The van der Waals surface area contributed by atoms with Gasteiger partial charge in [-0.15, -0.1) is 0 Å². The molecule has 0 saturated carbocycles. The largest absolute Gasteiger partial charge is 0.343 e. The van der Waals surface area contributed by atoms with Crippen molar-refractivity contribution in [2.45, 2.75) is 51.6 Å². The van der Waals surface area contributed by atoms with Crippen molar-refractivity contribution in [1.82, 2.24) is 20.4 Å². The third-order valence-electron chi connectivity index (χ3n) is 3.52. The number of hydrogen-bond donors (Lipinski definition) is 1. The van der Waals surface area contributed by atoms with Crippen molar-refractivity contribution >= 4 is 11.8 Å². The fourth-order valence-corrected chi connectivity index (χ4v) is 2.50. The fourth-order valence-electron chi connectivity index (χ4n) is 2.50. The number of hydrogen-bond acceptors (Lipinski definition) is 5. The molecular weight excluding hydrogens is 260 g/mol. The molecule has 2 rings (SSSR count). The summed E-state index contributed by atoms with van der Waals surface area (Å²) in [4.78, 5) is 30.1. The highest BCUT2D eigenvalue weighted by Gasteiger charge is 2.38. The van der Waals surface area contributed by atoms with Crippen molar-refractivity contribution in [3.05, 3.63) is 12.2 Å². The molecule has 110 valence electrons. The molecule has 7 heteroatoms. The first-order valence-corrected chi connectivity index (χ1v) is 7.03. The first-order chi connectivity index (χ1) is 9.67. The Morgan fingerprint density at radius 3 is 2.80 bits per heavy atom. The predicted molar refractivity (Wildman–Crippen MR) is 70.6 cm³/mol. The first-order valence-electron chi connectivity index (χ1n) is 7.03. The molecule has 1 fully saturated rings. The van der Waals surface area contributed by atoms with Gasteiger partial charge in [0, 0.05) is 13.0 Å². The SMILES string of the molecule is CCCC1NC(=O)C(CC)N(CCc2ncon2)C1=O. The van der Waals surface area contributed by atoms with E-state index in [0.29, 0.717) is 31.6 Å². The zero-order valence-electron chi connectivity index (χ0n) is 11.8. The van der Waals surface area contributed by atoms with E-state index in [0.717, 1.165) is 6.42 Å².